The molecule has 0 aliphatic rings. The number of nitrogen functional groups attached to an aromatic ring is 1. The van der Waals surface area contributed by atoms with Crippen molar-refractivity contribution < 1.29 is 17.9 Å². The number of nitrogens with two attached hydrogens (primary N) is 1. The number of para-hydroxylation sites is 2. The number of carbonyl (C=O) groups excluding carboxylic acids is 1. The Labute approximate surface area is 221 Å². The summed E-state index contributed by atoms with van der Waals surface area (Å²) in [7, 11) is -4.00. The second kappa shape index (κ2) is 9.57. The van der Waals surface area contributed by atoms with Crippen molar-refractivity contribution in [1.29, 1.82) is 0 Å². The van der Waals surface area contributed by atoms with E-state index in [0.29, 0.717) is 22.2 Å². The van der Waals surface area contributed by atoms with E-state index in [4.69, 9.17) is 10.5 Å². The number of aromatic nitrogens is 3. The van der Waals surface area contributed by atoms with Crippen LogP contribution >= 0.6 is 0 Å². The number of fused-ring (bicyclic) bond motifs is 2. The van der Waals surface area contributed by atoms with Crippen LogP contribution in [0.1, 0.15) is 36.7 Å². The molecule has 0 fully saturated rings. The molecule has 0 radical (unpaired) electrons. The molecule has 2 N–H and O–H groups in total. The number of carbonyl (C=O) groups is 1. The van der Waals surface area contributed by atoms with Crippen LogP contribution in [0.2, 0.25) is 0 Å². The van der Waals surface area contributed by atoms with Gasteiger partial charge in [0.1, 0.15) is 22.8 Å². The van der Waals surface area contributed by atoms with E-state index < -0.39 is 15.8 Å². The second-order valence-corrected chi connectivity index (χ2v) is 11.9. The standard InChI is InChI=1S/C29H28N4O4S/c1-29(2,3)20-15-13-19(14-16-20)28(34)37-18-17-33-26(30)25(38(35,36)21-9-5-4-6-10-21)24-27(33)32-23-12-8-7-11-22(23)31-24/h4-16H,17-18,30H2,1-3H3. The SMILES string of the molecule is CC(C)(C)c1ccc(C(=O)OCCn2c(N)c(S(=O)(=O)c3ccccc3)c3nc4ccccc4nc32)cc1. The lowest BCUT2D eigenvalue weighted by atomic mass is 9.87. The van der Waals surface area contributed by atoms with Crippen molar-refractivity contribution in [1.82, 2.24) is 14.5 Å². The lowest BCUT2D eigenvalue weighted by Gasteiger charge is -2.19. The van der Waals surface area contributed by atoms with E-state index in [9.17, 15) is 13.2 Å². The van der Waals surface area contributed by atoms with Gasteiger partial charge in [0.15, 0.2) is 5.65 Å². The Morgan fingerprint density at radius 3 is 2.13 bits per heavy atom. The summed E-state index contributed by atoms with van der Waals surface area (Å²) in [6, 6.07) is 22.6. The van der Waals surface area contributed by atoms with Crippen molar-refractivity contribution in [3.8, 4) is 0 Å². The maximum Gasteiger partial charge on any atom is 0.338 e. The van der Waals surface area contributed by atoms with Crippen LogP contribution in [0, 0.1) is 0 Å². The van der Waals surface area contributed by atoms with Gasteiger partial charge in [0.25, 0.3) is 0 Å². The molecule has 2 aromatic heterocycles. The van der Waals surface area contributed by atoms with Crippen molar-refractivity contribution in [2.75, 3.05) is 12.3 Å². The molecule has 0 unspecified atom stereocenters. The molecule has 38 heavy (non-hydrogen) atoms. The van der Waals surface area contributed by atoms with Gasteiger partial charge in [-0.05, 0) is 47.4 Å². The average molecular weight is 529 g/mol. The zero-order chi connectivity index (χ0) is 27.1. The lowest BCUT2D eigenvalue weighted by molar-refractivity contribution is 0.0492. The molecule has 5 rings (SSSR count). The third-order valence-electron chi connectivity index (χ3n) is 6.40. The van der Waals surface area contributed by atoms with Gasteiger partial charge in [-0.15, -0.1) is 0 Å². The van der Waals surface area contributed by atoms with Crippen molar-refractivity contribution in [3.05, 3.63) is 90.0 Å². The van der Waals surface area contributed by atoms with Crippen LogP contribution in [-0.2, 0) is 26.5 Å². The summed E-state index contributed by atoms with van der Waals surface area (Å²) in [4.78, 5) is 22.0. The zero-order valence-electron chi connectivity index (χ0n) is 21.4. The average Bonchev–Trinajstić information content (AvgIpc) is 3.18. The van der Waals surface area contributed by atoms with Gasteiger partial charge >= 0.3 is 5.97 Å². The van der Waals surface area contributed by atoms with E-state index in [1.165, 1.54) is 12.1 Å². The Balaban J connectivity index is 1.50. The predicted octanol–water partition coefficient (Wildman–Crippen LogP) is 5.15. The van der Waals surface area contributed by atoms with E-state index >= 15 is 0 Å². The minimum Gasteiger partial charge on any atom is -0.460 e. The highest BCUT2D eigenvalue weighted by Gasteiger charge is 2.30. The molecule has 194 valence electrons. The molecule has 3 aromatic carbocycles. The van der Waals surface area contributed by atoms with Gasteiger partial charge in [0.2, 0.25) is 9.84 Å². The van der Waals surface area contributed by atoms with Gasteiger partial charge in [-0.1, -0.05) is 63.2 Å². The third-order valence-corrected chi connectivity index (χ3v) is 8.24. The maximum atomic E-state index is 13.6. The quantitative estimate of drug-likeness (QED) is 0.303. The van der Waals surface area contributed by atoms with Crippen molar-refractivity contribution in [3.63, 3.8) is 0 Å². The molecular formula is C29H28N4O4S. The minimum absolute atomic E-state index is 0.00950. The fourth-order valence-corrected chi connectivity index (χ4v) is 5.85. The molecule has 0 saturated carbocycles. The third kappa shape index (κ3) is 4.61. The predicted molar refractivity (Wildman–Crippen MR) is 147 cm³/mol. The molecular weight excluding hydrogens is 500 g/mol. The number of benzene rings is 3. The number of hydrogen-bond acceptors (Lipinski definition) is 7. The molecule has 0 atom stereocenters. The van der Waals surface area contributed by atoms with Gasteiger partial charge < -0.3 is 15.0 Å². The summed E-state index contributed by atoms with van der Waals surface area (Å²) < 4.78 is 34.3. The normalized spacial score (nSPS) is 12.2. The van der Waals surface area contributed by atoms with Crippen molar-refractivity contribution in [2.45, 2.75) is 42.5 Å². The molecule has 0 aliphatic carbocycles. The fraction of sp³-hybridized carbons (Fsp3) is 0.207. The van der Waals surface area contributed by atoms with Crippen LogP contribution < -0.4 is 5.73 Å². The Morgan fingerprint density at radius 1 is 0.895 bits per heavy atom. The Hall–Kier alpha value is -4.24. The first-order valence-corrected chi connectivity index (χ1v) is 13.7. The van der Waals surface area contributed by atoms with Crippen molar-refractivity contribution in [2.24, 2.45) is 0 Å². The summed E-state index contributed by atoms with van der Waals surface area (Å²) >= 11 is 0. The van der Waals surface area contributed by atoms with Crippen LogP contribution in [0.3, 0.4) is 0 Å². The summed E-state index contributed by atoms with van der Waals surface area (Å²) in [6.45, 7) is 6.37. The molecule has 5 aromatic rings. The van der Waals surface area contributed by atoms with Gasteiger partial charge in [0, 0.05) is 0 Å². The molecule has 0 spiro atoms. The largest absolute Gasteiger partial charge is 0.460 e. The highest BCUT2D eigenvalue weighted by molar-refractivity contribution is 7.92. The molecule has 0 saturated heterocycles. The Kier molecular flexibility index (Phi) is 6.40. The minimum atomic E-state index is -4.00. The van der Waals surface area contributed by atoms with E-state index in [-0.39, 0.29) is 39.7 Å². The summed E-state index contributed by atoms with van der Waals surface area (Å²) in [5.74, 6) is -0.487. The molecule has 0 bridgehead atoms. The van der Waals surface area contributed by atoms with Gasteiger partial charge in [0.05, 0.1) is 28.0 Å². The van der Waals surface area contributed by atoms with E-state index in [0.717, 1.165) is 5.56 Å². The van der Waals surface area contributed by atoms with Gasteiger partial charge in [-0.25, -0.2) is 23.2 Å². The first-order valence-electron chi connectivity index (χ1n) is 12.2. The highest BCUT2D eigenvalue weighted by Crippen LogP contribution is 2.35. The van der Waals surface area contributed by atoms with E-state index in [2.05, 4.69) is 30.7 Å². The number of hydrogen-bond donors (Lipinski definition) is 1. The van der Waals surface area contributed by atoms with E-state index in [1.54, 1.807) is 47.0 Å². The monoisotopic (exact) mass is 528 g/mol. The van der Waals surface area contributed by atoms with Crippen molar-refractivity contribution >= 4 is 43.8 Å². The topological polar surface area (TPSA) is 117 Å². The van der Waals surface area contributed by atoms with Gasteiger partial charge in [-0.3, -0.25) is 0 Å². The smallest absolute Gasteiger partial charge is 0.338 e. The Morgan fingerprint density at radius 2 is 1.50 bits per heavy atom. The van der Waals surface area contributed by atoms with E-state index in [1.807, 2.05) is 24.3 Å². The number of ether oxygens (including phenoxy) is 1. The molecule has 9 heteroatoms. The molecule has 8 nitrogen and oxygen atoms in total. The summed E-state index contributed by atoms with van der Waals surface area (Å²) in [6.07, 6.45) is 0. The van der Waals surface area contributed by atoms with Gasteiger partial charge in [-0.2, -0.15) is 0 Å². The molecule has 0 amide bonds. The van der Waals surface area contributed by atoms with Crippen LogP contribution in [0.15, 0.2) is 88.7 Å². The number of rotatable bonds is 6. The zero-order valence-corrected chi connectivity index (χ0v) is 22.2. The first-order chi connectivity index (χ1) is 18.1. The number of esters is 1. The number of anilines is 1. The maximum absolute atomic E-state index is 13.6. The molecule has 0 aliphatic heterocycles. The van der Waals surface area contributed by atoms with Crippen LogP contribution in [0.5, 0.6) is 0 Å². The molecule has 2 heterocycles. The van der Waals surface area contributed by atoms with Crippen LogP contribution in [0.4, 0.5) is 5.82 Å². The number of nitrogens with zero attached hydrogens (tertiary/aromatic N) is 3. The Bertz CT molecular complexity index is 1750. The highest BCUT2D eigenvalue weighted by atomic mass is 32.2. The van der Waals surface area contributed by atoms with Crippen LogP contribution in [0.25, 0.3) is 22.2 Å². The first kappa shape index (κ1) is 25.4. The summed E-state index contributed by atoms with van der Waals surface area (Å²) in [5, 5.41) is 0. The van der Waals surface area contributed by atoms with Crippen LogP contribution in [-0.4, -0.2) is 35.5 Å². The second-order valence-electron chi connectivity index (χ2n) is 10.0. The fourth-order valence-electron chi connectivity index (χ4n) is 4.32. The summed E-state index contributed by atoms with van der Waals surface area (Å²) in [5.41, 5.74) is 9.59. The lowest BCUT2D eigenvalue weighted by Crippen LogP contribution is -2.15. The number of sulfone groups is 1.